The van der Waals surface area contributed by atoms with E-state index in [4.69, 9.17) is 10.00 Å². The molecule has 3 nitrogen and oxygen atoms in total. The molecule has 18 heavy (non-hydrogen) atoms. The van der Waals surface area contributed by atoms with E-state index in [-0.39, 0.29) is 0 Å². The number of ether oxygens (including phenoxy) is 1. The number of hydrogen-bond donors (Lipinski definition) is 1. The van der Waals surface area contributed by atoms with E-state index >= 15 is 0 Å². The number of piperidine rings is 1. The van der Waals surface area contributed by atoms with E-state index in [0.717, 1.165) is 17.4 Å². The van der Waals surface area contributed by atoms with Crippen LogP contribution in [0.5, 0.6) is 5.75 Å². The Morgan fingerprint density at radius 3 is 3.06 bits per heavy atom. The quantitative estimate of drug-likeness (QED) is 0.929. The van der Waals surface area contributed by atoms with Gasteiger partial charge in [-0.05, 0) is 44.0 Å². The van der Waals surface area contributed by atoms with Gasteiger partial charge in [0, 0.05) is 10.5 Å². The van der Waals surface area contributed by atoms with Crippen molar-refractivity contribution in [2.45, 2.75) is 31.7 Å². The first-order valence-corrected chi connectivity index (χ1v) is 7.15. The van der Waals surface area contributed by atoms with Gasteiger partial charge in [0.1, 0.15) is 11.8 Å². The number of hydrogen-bond acceptors (Lipinski definition) is 3. The van der Waals surface area contributed by atoms with Crippen LogP contribution in [0.3, 0.4) is 0 Å². The predicted molar refractivity (Wildman–Crippen MR) is 74.6 cm³/mol. The molecule has 1 aromatic carbocycles. The maximum atomic E-state index is 9.00. The number of halogens is 1. The lowest BCUT2D eigenvalue weighted by molar-refractivity contribution is 0.267. The smallest absolute Gasteiger partial charge is 0.138 e. The molecular weight excluding hydrogens is 292 g/mol. The zero-order valence-electron chi connectivity index (χ0n) is 10.3. The van der Waals surface area contributed by atoms with E-state index in [1.165, 1.54) is 19.3 Å². The van der Waals surface area contributed by atoms with Gasteiger partial charge in [0.05, 0.1) is 12.2 Å². The molecule has 2 rings (SSSR count). The Bertz CT molecular complexity index is 436. The van der Waals surface area contributed by atoms with Crippen molar-refractivity contribution in [1.82, 2.24) is 5.32 Å². The van der Waals surface area contributed by atoms with Crippen LogP contribution in [0, 0.1) is 11.3 Å². The molecule has 1 heterocycles. The molecule has 0 amide bonds. The molecule has 0 saturated carbocycles. The van der Waals surface area contributed by atoms with Gasteiger partial charge >= 0.3 is 0 Å². The summed E-state index contributed by atoms with van der Waals surface area (Å²) in [5.41, 5.74) is 0.592. The molecule has 96 valence electrons. The number of benzene rings is 1. The zero-order valence-corrected chi connectivity index (χ0v) is 11.9. The minimum atomic E-state index is 0.566. The second kappa shape index (κ2) is 6.77. The van der Waals surface area contributed by atoms with Crippen LogP contribution in [0.2, 0.25) is 0 Å². The number of rotatable bonds is 4. The molecule has 1 N–H and O–H groups in total. The van der Waals surface area contributed by atoms with Crippen molar-refractivity contribution in [3.8, 4) is 11.8 Å². The fourth-order valence-corrected chi connectivity index (χ4v) is 2.53. The number of nitrogens with zero attached hydrogens (tertiary/aromatic N) is 1. The molecule has 1 aliphatic heterocycles. The summed E-state index contributed by atoms with van der Waals surface area (Å²) < 4.78 is 6.66. The predicted octanol–water partition coefficient (Wildman–Crippen LogP) is 3.23. The van der Waals surface area contributed by atoms with E-state index < -0.39 is 0 Å². The van der Waals surface area contributed by atoms with Crippen molar-refractivity contribution in [2.24, 2.45) is 0 Å². The van der Waals surface area contributed by atoms with Crippen molar-refractivity contribution in [3.05, 3.63) is 28.2 Å². The first-order valence-electron chi connectivity index (χ1n) is 6.35. The molecule has 1 atom stereocenters. The monoisotopic (exact) mass is 308 g/mol. The van der Waals surface area contributed by atoms with E-state index in [1.807, 2.05) is 12.1 Å². The molecule has 4 heteroatoms. The molecule has 0 bridgehead atoms. The van der Waals surface area contributed by atoms with Crippen LogP contribution in [-0.2, 0) is 0 Å². The van der Waals surface area contributed by atoms with Gasteiger partial charge in [0.25, 0.3) is 0 Å². The summed E-state index contributed by atoms with van der Waals surface area (Å²) in [6.07, 6.45) is 4.81. The Morgan fingerprint density at radius 1 is 1.44 bits per heavy atom. The summed E-state index contributed by atoms with van der Waals surface area (Å²) >= 11 is 3.39. The zero-order chi connectivity index (χ0) is 12.8. The average molecular weight is 309 g/mol. The minimum absolute atomic E-state index is 0.566. The van der Waals surface area contributed by atoms with Gasteiger partial charge in [-0.3, -0.25) is 0 Å². The lowest BCUT2D eigenvalue weighted by Crippen LogP contribution is -2.35. The average Bonchev–Trinajstić information content (AvgIpc) is 2.40. The fourth-order valence-electron chi connectivity index (χ4n) is 2.19. The lowest BCUT2D eigenvalue weighted by Gasteiger charge is -2.23. The normalized spacial score (nSPS) is 19.2. The van der Waals surface area contributed by atoms with Gasteiger partial charge < -0.3 is 10.1 Å². The summed E-state index contributed by atoms with van der Waals surface area (Å²) in [5, 5.41) is 12.5. The van der Waals surface area contributed by atoms with Gasteiger partial charge in [0.15, 0.2) is 0 Å². The third-order valence-electron chi connectivity index (χ3n) is 3.20. The maximum absolute atomic E-state index is 9.00. The van der Waals surface area contributed by atoms with E-state index in [2.05, 4.69) is 27.3 Å². The molecular formula is C14H17BrN2O. The van der Waals surface area contributed by atoms with Crippen molar-refractivity contribution < 1.29 is 4.74 Å². The van der Waals surface area contributed by atoms with Crippen molar-refractivity contribution in [2.75, 3.05) is 13.2 Å². The third-order valence-corrected chi connectivity index (χ3v) is 3.69. The van der Waals surface area contributed by atoms with Gasteiger partial charge in [-0.1, -0.05) is 22.4 Å². The SMILES string of the molecule is N#Cc1ccc(Br)cc1OCCC1CCCCN1. The van der Waals surface area contributed by atoms with Crippen molar-refractivity contribution in [3.63, 3.8) is 0 Å². The molecule has 0 spiro atoms. The standard InChI is InChI=1S/C14H17BrN2O/c15-12-5-4-11(10-16)14(9-12)18-8-6-13-3-1-2-7-17-13/h4-5,9,13,17H,1-3,6-8H2. The summed E-state index contributed by atoms with van der Waals surface area (Å²) in [6.45, 7) is 1.77. The van der Waals surface area contributed by atoms with Crippen LogP contribution in [0.15, 0.2) is 22.7 Å². The second-order valence-electron chi connectivity index (χ2n) is 4.54. The molecule has 1 fully saturated rings. The van der Waals surface area contributed by atoms with Gasteiger partial charge in [-0.25, -0.2) is 0 Å². The topological polar surface area (TPSA) is 45.0 Å². The fraction of sp³-hybridized carbons (Fsp3) is 0.500. The highest BCUT2D eigenvalue weighted by atomic mass is 79.9. The maximum Gasteiger partial charge on any atom is 0.138 e. The second-order valence-corrected chi connectivity index (χ2v) is 5.45. The van der Waals surface area contributed by atoms with Crippen LogP contribution in [0.25, 0.3) is 0 Å². The molecule has 0 aromatic heterocycles. The van der Waals surface area contributed by atoms with Crippen LogP contribution in [-0.4, -0.2) is 19.2 Å². The number of nitriles is 1. The van der Waals surface area contributed by atoms with Gasteiger partial charge in [-0.15, -0.1) is 0 Å². The first-order chi connectivity index (χ1) is 8.79. The molecule has 1 aromatic rings. The van der Waals surface area contributed by atoms with Crippen LogP contribution < -0.4 is 10.1 Å². The molecule has 1 saturated heterocycles. The molecule has 0 radical (unpaired) electrons. The van der Waals surface area contributed by atoms with Crippen molar-refractivity contribution in [1.29, 1.82) is 5.26 Å². The highest BCUT2D eigenvalue weighted by Gasteiger charge is 2.12. The van der Waals surface area contributed by atoms with E-state index in [0.29, 0.717) is 24.0 Å². The summed E-state index contributed by atoms with van der Waals surface area (Å²) in [4.78, 5) is 0. The lowest BCUT2D eigenvalue weighted by atomic mass is 10.0. The van der Waals surface area contributed by atoms with Crippen molar-refractivity contribution >= 4 is 15.9 Å². The Kier molecular flexibility index (Phi) is 5.03. The largest absolute Gasteiger partial charge is 0.492 e. The first kappa shape index (κ1) is 13.4. The Morgan fingerprint density at radius 2 is 2.33 bits per heavy atom. The Labute approximate surface area is 116 Å². The Balaban J connectivity index is 1.86. The summed E-state index contributed by atoms with van der Waals surface area (Å²) in [6, 6.07) is 8.20. The highest BCUT2D eigenvalue weighted by Crippen LogP contribution is 2.23. The minimum Gasteiger partial charge on any atom is -0.492 e. The molecule has 0 aliphatic carbocycles. The van der Waals surface area contributed by atoms with Crippen LogP contribution in [0.4, 0.5) is 0 Å². The van der Waals surface area contributed by atoms with Gasteiger partial charge in [0.2, 0.25) is 0 Å². The highest BCUT2D eigenvalue weighted by molar-refractivity contribution is 9.10. The van der Waals surface area contributed by atoms with Gasteiger partial charge in [-0.2, -0.15) is 5.26 Å². The molecule has 1 aliphatic rings. The summed E-state index contributed by atoms with van der Waals surface area (Å²) in [7, 11) is 0. The molecule has 1 unspecified atom stereocenters. The van der Waals surface area contributed by atoms with Crippen LogP contribution >= 0.6 is 15.9 Å². The third kappa shape index (κ3) is 3.72. The number of nitrogens with one attached hydrogen (secondary N) is 1. The van der Waals surface area contributed by atoms with Crippen LogP contribution in [0.1, 0.15) is 31.2 Å². The summed E-state index contributed by atoms with van der Waals surface area (Å²) in [5.74, 6) is 0.669. The van der Waals surface area contributed by atoms with E-state index in [9.17, 15) is 0 Å². The Hall–Kier alpha value is -1.05. The van der Waals surface area contributed by atoms with E-state index in [1.54, 1.807) is 6.07 Å².